The molecule has 0 spiro atoms. The lowest BCUT2D eigenvalue weighted by Gasteiger charge is -2.30. The van der Waals surface area contributed by atoms with E-state index in [0.29, 0.717) is 13.1 Å². The molecule has 1 heterocycles. The number of hydrogen-bond donors (Lipinski definition) is 1. The molecule has 1 saturated heterocycles. The third-order valence-corrected chi connectivity index (χ3v) is 6.58. The Kier molecular flexibility index (Phi) is 5.05. The average molecular weight is 402 g/mol. The number of halogens is 1. The minimum Gasteiger partial charge on any atom is -0.339 e. The summed E-state index contributed by atoms with van der Waals surface area (Å²) in [6.07, 6.45) is 1.65. The molecule has 0 bridgehead atoms. The molecular formula is C15H20BrN3O3S. The fourth-order valence-corrected chi connectivity index (χ4v) is 4.56. The fourth-order valence-electron chi connectivity index (χ4n) is 2.66. The molecule has 1 saturated carbocycles. The van der Waals surface area contributed by atoms with Crippen molar-refractivity contribution in [1.82, 2.24) is 14.5 Å². The van der Waals surface area contributed by atoms with E-state index in [0.717, 1.165) is 30.4 Å². The molecule has 0 unspecified atom stereocenters. The first kappa shape index (κ1) is 16.9. The molecule has 2 aliphatic rings. The van der Waals surface area contributed by atoms with Gasteiger partial charge in [-0.2, -0.15) is 4.31 Å². The molecule has 0 radical (unpaired) electrons. The van der Waals surface area contributed by atoms with E-state index in [1.165, 1.54) is 4.31 Å². The van der Waals surface area contributed by atoms with Crippen LogP contribution in [0.1, 0.15) is 12.8 Å². The van der Waals surface area contributed by atoms with Gasteiger partial charge in [-0.15, -0.1) is 0 Å². The van der Waals surface area contributed by atoms with Crippen LogP contribution in [0.4, 0.5) is 0 Å². The number of piperazine rings is 1. The first-order valence-electron chi connectivity index (χ1n) is 7.74. The zero-order chi connectivity index (χ0) is 16.4. The van der Waals surface area contributed by atoms with Crippen LogP contribution in [0.25, 0.3) is 0 Å². The van der Waals surface area contributed by atoms with E-state index < -0.39 is 10.0 Å². The summed E-state index contributed by atoms with van der Waals surface area (Å²) in [7, 11) is -3.64. The van der Waals surface area contributed by atoms with Crippen LogP contribution in [0.3, 0.4) is 0 Å². The van der Waals surface area contributed by atoms with Gasteiger partial charge in [0.25, 0.3) is 0 Å². The van der Waals surface area contributed by atoms with Crippen LogP contribution >= 0.6 is 15.9 Å². The van der Waals surface area contributed by atoms with Gasteiger partial charge in [0.05, 0.1) is 11.4 Å². The number of carbonyl (C=O) groups is 1. The number of amides is 1. The Labute approximate surface area is 145 Å². The number of nitrogens with zero attached hydrogens (tertiary/aromatic N) is 2. The Morgan fingerprint density at radius 1 is 1.22 bits per heavy atom. The Morgan fingerprint density at radius 3 is 2.39 bits per heavy atom. The van der Waals surface area contributed by atoms with E-state index in [-0.39, 0.29) is 23.4 Å². The van der Waals surface area contributed by atoms with Gasteiger partial charge in [-0.25, -0.2) is 8.42 Å². The summed E-state index contributed by atoms with van der Waals surface area (Å²) in [6, 6.07) is 6.51. The summed E-state index contributed by atoms with van der Waals surface area (Å²) in [5, 5.41) is 3.19. The van der Waals surface area contributed by atoms with Crippen molar-refractivity contribution in [3.05, 3.63) is 28.7 Å². The molecule has 3 rings (SSSR count). The van der Waals surface area contributed by atoms with E-state index in [1.54, 1.807) is 29.2 Å². The highest BCUT2D eigenvalue weighted by Crippen LogP contribution is 2.32. The largest absolute Gasteiger partial charge is 0.339 e. The first-order valence-corrected chi connectivity index (χ1v) is 9.98. The Balaban J connectivity index is 1.78. The maximum absolute atomic E-state index is 12.9. The van der Waals surface area contributed by atoms with Gasteiger partial charge in [0.2, 0.25) is 15.9 Å². The third kappa shape index (κ3) is 3.93. The zero-order valence-corrected chi connectivity index (χ0v) is 15.1. The predicted octanol–water partition coefficient (Wildman–Crippen LogP) is 1.03. The van der Waals surface area contributed by atoms with Crippen molar-refractivity contribution in [2.24, 2.45) is 0 Å². The quantitative estimate of drug-likeness (QED) is 0.799. The Morgan fingerprint density at radius 2 is 1.83 bits per heavy atom. The average Bonchev–Trinajstić information content (AvgIpc) is 3.38. The lowest BCUT2D eigenvalue weighted by molar-refractivity contribution is -0.132. The molecule has 1 aromatic carbocycles. The topological polar surface area (TPSA) is 69.7 Å². The molecule has 1 aliphatic heterocycles. The number of hydrogen-bond acceptors (Lipinski definition) is 4. The van der Waals surface area contributed by atoms with Crippen LogP contribution in [0.15, 0.2) is 33.6 Å². The van der Waals surface area contributed by atoms with Gasteiger partial charge in [0.15, 0.2) is 0 Å². The molecule has 1 aliphatic carbocycles. The highest BCUT2D eigenvalue weighted by Gasteiger charge is 2.40. The molecule has 23 heavy (non-hydrogen) atoms. The lowest BCUT2D eigenvalue weighted by Crippen LogP contribution is -2.50. The van der Waals surface area contributed by atoms with E-state index in [4.69, 9.17) is 0 Å². The molecule has 6 nitrogen and oxygen atoms in total. The highest BCUT2D eigenvalue weighted by atomic mass is 79.9. The summed E-state index contributed by atoms with van der Waals surface area (Å²) in [5.41, 5.74) is 0. The minimum absolute atomic E-state index is 0.0458. The number of rotatable bonds is 5. The summed E-state index contributed by atoms with van der Waals surface area (Å²) in [6.45, 7) is 2.72. The smallest absolute Gasteiger partial charge is 0.243 e. The van der Waals surface area contributed by atoms with Crippen molar-refractivity contribution >= 4 is 31.9 Å². The molecule has 2 fully saturated rings. The van der Waals surface area contributed by atoms with Crippen molar-refractivity contribution in [3.63, 3.8) is 0 Å². The lowest BCUT2D eigenvalue weighted by atomic mass is 10.3. The van der Waals surface area contributed by atoms with Crippen LogP contribution < -0.4 is 5.32 Å². The second kappa shape index (κ2) is 6.88. The molecule has 1 amide bonds. The van der Waals surface area contributed by atoms with Crippen LogP contribution in [0, 0.1) is 0 Å². The van der Waals surface area contributed by atoms with E-state index in [1.807, 2.05) is 0 Å². The number of nitrogens with one attached hydrogen (secondary N) is 1. The molecular weight excluding hydrogens is 382 g/mol. The van der Waals surface area contributed by atoms with Crippen LogP contribution in [0.5, 0.6) is 0 Å². The second-order valence-electron chi connectivity index (χ2n) is 5.87. The third-order valence-electron chi connectivity index (χ3n) is 4.14. The maximum Gasteiger partial charge on any atom is 0.243 e. The van der Waals surface area contributed by atoms with E-state index in [2.05, 4.69) is 21.2 Å². The van der Waals surface area contributed by atoms with Gasteiger partial charge < -0.3 is 10.2 Å². The maximum atomic E-state index is 12.9. The van der Waals surface area contributed by atoms with Gasteiger partial charge in [-0.1, -0.05) is 15.9 Å². The van der Waals surface area contributed by atoms with Crippen molar-refractivity contribution in [3.8, 4) is 0 Å². The number of carbonyl (C=O) groups excluding carboxylic acids is 1. The second-order valence-corrected chi connectivity index (χ2v) is 8.67. The van der Waals surface area contributed by atoms with Crippen LogP contribution in [-0.2, 0) is 14.8 Å². The standard InChI is InChI=1S/C15H20BrN3O3S/c16-12-1-5-14(6-2-12)23(21,22)19(13-3-4-13)11-15(20)18-9-7-17-8-10-18/h1-2,5-6,13,17H,3-4,7-11H2. The van der Waals surface area contributed by atoms with E-state index in [9.17, 15) is 13.2 Å². The molecule has 0 atom stereocenters. The van der Waals surface area contributed by atoms with Crippen molar-refractivity contribution in [2.75, 3.05) is 32.7 Å². The molecule has 1 aromatic rings. The summed E-state index contributed by atoms with van der Waals surface area (Å²) in [4.78, 5) is 14.4. The van der Waals surface area contributed by atoms with E-state index >= 15 is 0 Å². The predicted molar refractivity (Wildman–Crippen MR) is 90.5 cm³/mol. The monoisotopic (exact) mass is 401 g/mol. The molecule has 126 valence electrons. The first-order chi connectivity index (χ1) is 11.0. The van der Waals surface area contributed by atoms with Gasteiger partial charge in [-0.3, -0.25) is 4.79 Å². The summed E-state index contributed by atoms with van der Waals surface area (Å²) < 4.78 is 27.9. The van der Waals surface area contributed by atoms with Crippen LogP contribution in [0.2, 0.25) is 0 Å². The Bertz CT molecular complexity index is 668. The molecule has 0 aromatic heterocycles. The van der Waals surface area contributed by atoms with Gasteiger partial charge in [0, 0.05) is 36.7 Å². The SMILES string of the molecule is O=C(CN(C1CC1)S(=O)(=O)c1ccc(Br)cc1)N1CCNCC1. The zero-order valence-electron chi connectivity index (χ0n) is 12.7. The van der Waals surface area contributed by atoms with Crippen molar-refractivity contribution < 1.29 is 13.2 Å². The summed E-state index contributed by atoms with van der Waals surface area (Å²) >= 11 is 3.31. The minimum atomic E-state index is -3.64. The van der Waals surface area contributed by atoms with Gasteiger partial charge in [-0.05, 0) is 37.1 Å². The fraction of sp³-hybridized carbons (Fsp3) is 0.533. The van der Waals surface area contributed by atoms with Gasteiger partial charge >= 0.3 is 0 Å². The van der Waals surface area contributed by atoms with Crippen molar-refractivity contribution in [1.29, 1.82) is 0 Å². The summed E-state index contributed by atoms with van der Waals surface area (Å²) in [5.74, 6) is -0.112. The van der Waals surface area contributed by atoms with Crippen molar-refractivity contribution in [2.45, 2.75) is 23.8 Å². The normalized spacial score (nSPS) is 19.1. The van der Waals surface area contributed by atoms with Crippen LogP contribution in [-0.4, -0.2) is 62.3 Å². The highest BCUT2D eigenvalue weighted by molar-refractivity contribution is 9.10. The number of sulfonamides is 1. The Hall–Kier alpha value is -0.960. The molecule has 1 N–H and O–H groups in total. The number of benzene rings is 1. The molecule has 8 heteroatoms. The van der Waals surface area contributed by atoms with Gasteiger partial charge in [0.1, 0.15) is 0 Å².